The van der Waals surface area contributed by atoms with Gasteiger partial charge < -0.3 is 4.57 Å². The number of aromatic nitrogens is 2. The van der Waals surface area contributed by atoms with Crippen LogP contribution in [0.5, 0.6) is 0 Å². The largest absolute Gasteiger partial charge is 0.321 e. The van der Waals surface area contributed by atoms with Crippen LogP contribution in [0.2, 0.25) is 5.15 Å². The number of halogens is 1. The highest BCUT2D eigenvalue weighted by molar-refractivity contribution is 6.29. The van der Waals surface area contributed by atoms with Gasteiger partial charge in [-0.05, 0) is 31.6 Å². The minimum Gasteiger partial charge on any atom is -0.321 e. The van der Waals surface area contributed by atoms with E-state index in [-0.39, 0.29) is 0 Å². The normalized spacial score (nSPS) is 21.2. The van der Waals surface area contributed by atoms with E-state index in [1.165, 1.54) is 51.5 Å². The molecule has 0 bridgehead atoms. The fourth-order valence-electron chi connectivity index (χ4n) is 3.24. The van der Waals surface area contributed by atoms with Crippen LogP contribution < -0.4 is 0 Å². The van der Waals surface area contributed by atoms with E-state index in [1.54, 1.807) is 6.20 Å². The zero-order valence-corrected chi connectivity index (χ0v) is 12.6. The molecule has 2 aliphatic carbocycles. The molecule has 1 heterocycles. The summed E-state index contributed by atoms with van der Waals surface area (Å²) in [5, 5.41) is 0.739. The number of rotatable bonds is 5. The van der Waals surface area contributed by atoms with Crippen molar-refractivity contribution >= 4 is 11.6 Å². The molecule has 0 amide bonds. The van der Waals surface area contributed by atoms with E-state index < -0.39 is 0 Å². The fraction of sp³-hybridized carbons (Fsp3) is 0.800. The van der Waals surface area contributed by atoms with Crippen molar-refractivity contribution in [3.8, 4) is 0 Å². The maximum Gasteiger partial charge on any atom is 0.128 e. The standard InChI is InChI=1S/C15H24ClN3/c1-18-14(16)9-17-15(18)11-19(13-7-8-13)10-12-5-3-2-4-6-12/h9,12-13H,2-8,10-11H2,1H3. The Morgan fingerprint density at radius 3 is 2.58 bits per heavy atom. The van der Waals surface area contributed by atoms with Gasteiger partial charge in [-0.25, -0.2) is 4.98 Å². The van der Waals surface area contributed by atoms with Crippen molar-refractivity contribution in [3.05, 3.63) is 17.2 Å². The second-order valence-electron chi connectivity index (χ2n) is 6.22. The van der Waals surface area contributed by atoms with Gasteiger partial charge in [0, 0.05) is 19.6 Å². The Bertz CT molecular complexity index is 419. The van der Waals surface area contributed by atoms with Crippen LogP contribution in [0, 0.1) is 5.92 Å². The van der Waals surface area contributed by atoms with Gasteiger partial charge in [-0.15, -0.1) is 0 Å². The smallest absolute Gasteiger partial charge is 0.128 e. The molecular weight excluding hydrogens is 258 g/mol. The van der Waals surface area contributed by atoms with Gasteiger partial charge >= 0.3 is 0 Å². The van der Waals surface area contributed by atoms with Crippen molar-refractivity contribution in [2.75, 3.05) is 6.54 Å². The van der Waals surface area contributed by atoms with Gasteiger partial charge in [-0.1, -0.05) is 30.9 Å². The van der Waals surface area contributed by atoms with Crippen molar-refractivity contribution in [3.63, 3.8) is 0 Å². The molecular formula is C15H24ClN3. The van der Waals surface area contributed by atoms with Crippen LogP contribution in [-0.2, 0) is 13.6 Å². The SMILES string of the molecule is Cn1c(Cl)cnc1CN(CC1CCCCC1)C1CC1. The van der Waals surface area contributed by atoms with E-state index in [0.717, 1.165) is 29.5 Å². The average Bonchev–Trinajstić information content (AvgIpc) is 3.22. The van der Waals surface area contributed by atoms with Crippen molar-refractivity contribution in [2.45, 2.75) is 57.5 Å². The summed E-state index contributed by atoms with van der Waals surface area (Å²) >= 11 is 6.08. The Labute approximate surface area is 121 Å². The summed E-state index contributed by atoms with van der Waals surface area (Å²) in [6.07, 6.45) is 11.6. The molecule has 4 heteroatoms. The number of imidazole rings is 1. The van der Waals surface area contributed by atoms with Crippen molar-refractivity contribution < 1.29 is 0 Å². The minimum atomic E-state index is 0.739. The van der Waals surface area contributed by atoms with Crippen LogP contribution in [-0.4, -0.2) is 27.0 Å². The molecule has 2 aliphatic rings. The molecule has 1 aromatic heterocycles. The molecule has 0 radical (unpaired) electrons. The van der Waals surface area contributed by atoms with Crippen LogP contribution in [0.25, 0.3) is 0 Å². The van der Waals surface area contributed by atoms with Gasteiger partial charge in [0.25, 0.3) is 0 Å². The summed E-state index contributed by atoms with van der Waals surface area (Å²) in [6.45, 7) is 2.22. The van der Waals surface area contributed by atoms with Gasteiger partial charge in [0.2, 0.25) is 0 Å². The first-order chi connectivity index (χ1) is 9.24. The van der Waals surface area contributed by atoms with Crippen molar-refractivity contribution in [1.29, 1.82) is 0 Å². The minimum absolute atomic E-state index is 0.739. The Morgan fingerprint density at radius 2 is 2.00 bits per heavy atom. The molecule has 3 nitrogen and oxygen atoms in total. The summed E-state index contributed by atoms with van der Waals surface area (Å²) in [6, 6.07) is 0.803. The molecule has 19 heavy (non-hydrogen) atoms. The Hall–Kier alpha value is -0.540. The second kappa shape index (κ2) is 5.84. The summed E-state index contributed by atoms with van der Waals surface area (Å²) in [7, 11) is 2.01. The molecule has 1 aromatic rings. The first kappa shape index (κ1) is 13.4. The van der Waals surface area contributed by atoms with E-state index in [0.29, 0.717) is 0 Å². The topological polar surface area (TPSA) is 21.1 Å². The number of hydrogen-bond donors (Lipinski definition) is 0. The molecule has 0 aliphatic heterocycles. The number of hydrogen-bond acceptors (Lipinski definition) is 2. The van der Waals surface area contributed by atoms with Gasteiger partial charge in [0.05, 0.1) is 12.7 Å². The summed E-state index contributed by atoms with van der Waals surface area (Å²) in [5.74, 6) is 2.01. The van der Waals surface area contributed by atoms with Gasteiger partial charge in [-0.3, -0.25) is 4.90 Å². The van der Waals surface area contributed by atoms with E-state index in [4.69, 9.17) is 11.6 Å². The van der Waals surface area contributed by atoms with Crippen molar-refractivity contribution in [2.24, 2.45) is 13.0 Å². The maximum atomic E-state index is 6.08. The lowest BCUT2D eigenvalue weighted by Gasteiger charge is -2.29. The van der Waals surface area contributed by atoms with E-state index in [1.807, 2.05) is 11.6 Å². The maximum absolute atomic E-state index is 6.08. The molecule has 0 N–H and O–H groups in total. The zero-order chi connectivity index (χ0) is 13.2. The molecule has 0 aromatic carbocycles. The van der Waals surface area contributed by atoms with E-state index in [2.05, 4.69) is 9.88 Å². The predicted molar refractivity (Wildman–Crippen MR) is 78.2 cm³/mol. The van der Waals surface area contributed by atoms with Crippen LogP contribution in [0.3, 0.4) is 0 Å². The molecule has 0 saturated heterocycles. The first-order valence-electron chi connectivity index (χ1n) is 7.64. The van der Waals surface area contributed by atoms with Gasteiger partial charge in [-0.2, -0.15) is 0 Å². The third-order valence-electron chi connectivity index (χ3n) is 4.65. The van der Waals surface area contributed by atoms with Crippen LogP contribution in [0.15, 0.2) is 6.20 Å². The molecule has 2 saturated carbocycles. The third-order valence-corrected chi connectivity index (χ3v) is 5.00. The molecule has 106 valence electrons. The van der Waals surface area contributed by atoms with E-state index in [9.17, 15) is 0 Å². The lowest BCUT2D eigenvalue weighted by atomic mass is 9.89. The summed E-state index contributed by atoms with van der Waals surface area (Å²) < 4.78 is 2.01. The molecule has 0 unspecified atom stereocenters. The lowest BCUT2D eigenvalue weighted by molar-refractivity contribution is 0.181. The summed E-state index contributed by atoms with van der Waals surface area (Å²) in [5.41, 5.74) is 0. The quantitative estimate of drug-likeness (QED) is 0.822. The third kappa shape index (κ3) is 3.32. The lowest BCUT2D eigenvalue weighted by Crippen LogP contribution is -2.33. The molecule has 3 rings (SSSR count). The Balaban J connectivity index is 1.62. The molecule has 0 spiro atoms. The van der Waals surface area contributed by atoms with Gasteiger partial charge in [0.15, 0.2) is 0 Å². The Morgan fingerprint density at radius 1 is 1.26 bits per heavy atom. The van der Waals surface area contributed by atoms with Crippen molar-refractivity contribution in [1.82, 2.24) is 14.5 Å². The monoisotopic (exact) mass is 281 g/mol. The zero-order valence-electron chi connectivity index (χ0n) is 11.8. The second-order valence-corrected chi connectivity index (χ2v) is 6.61. The Kier molecular flexibility index (Phi) is 4.13. The predicted octanol–water partition coefficient (Wildman–Crippen LogP) is 3.62. The average molecular weight is 282 g/mol. The first-order valence-corrected chi connectivity index (χ1v) is 8.02. The molecule has 2 fully saturated rings. The highest BCUT2D eigenvalue weighted by atomic mass is 35.5. The van der Waals surface area contributed by atoms with Crippen LogP contribution in [0.4, 0.5) is 0 Å². The van der Waals surface area contributed by atoms with Crippen LogP contribution in [0.1, 0.15) is 50.8 Å². The van der Waals surface area contributed by atoms with E-state index >= 15 is 0 Å². The molecule has 0 atom stereocenters. The highest BCUT2D eigenvalue weighted by Crippen LogP contribution is 2.32. The highest BCUT2D eigenvalue weighted by Gasteiger charge is 2.31. The fourth-order valence-corrected chi connectivity index (χ4v) is 3.38. The van der Waals surface area contributed by atoms with Gasteiger partial charge in [0.1, 0.15) is 11.0 Å². The summed E-state index contributed by atoms with van der Waals surface area (Å²) in [4.78, 5) is 7.10. The number of nitrogens with zero attached hydrogens (tertiary/aromatic N) is 3. The van der Waals surface area contributed by atoms with Crippen LogP contribution >= 0.6 is 11.6 Å².